The van der Waals surface area contributed by atoms with Crippen LogP contribution in [0.3, 0.4) is 0 Å². The van der Waals surface area contributed by atoms with Crippen molar-refractivity contribution in [3.8, 4) is 0 Å². The summed E-state index contributed by atoms with van der Waals surface area (Å²) in [6, 6.07) is 6.65. The molecule has 0 radical (unpaired) electrons. The van der Waals surface area contributed by atoms with Gasteiger partial charge in [-0.2, -0.15) is 0 Å². The highest BCUT2D eigenvalue weighted by molar-refractivity contribution is 5.64. The van der Waals surface area contributed by atoms with Gasteiger partial charge in [0.2, 0.25) is 5.95 Å². The van der Waals surface area contributed by atoms with Gasteiger partial charge in [-0.05, 0) is 58.2 Å². The van der Waals surface area contributed by atoms with Crippen LogP contribution in [0.4, 0.5) is 11.6 Å². The van der Waals surface area contributed by atoms with Crippen LogP contribution in [0.2, 0.25) is 0 Å². The molecule has 0 saturated heterocycles. The van der Waals surface area contributed by atoms with E-state index in [0.29, 0.717) is 19.1 Å². The van der Waals surface area contributed by atoms with Crippen LogP contribution in [0.15, 0.2) is 23.0 Å². The van der Waals surface area contributed by atoms with Gasteiger partial charge >= 0.3 is 0 Å². The third-order valence-electron chi connectivity index (χ3n) is 5.29. The standard InChI is InChI=1S/C20H28N4O/c1-7-17-16(6)21-20-23(18-10-8-9-14(4)15(18)5)11-22(13(2)3)12-24(20)19(17)25/h8-10,13H,7,11-12H2,1-6H3. The number of aryl methyl sites for hydroxylation is 2. The van der Waals surface area contributed by atoms with Gasteiger partial charge in [-0.15, -0.1) is 0 Å². The molecule has 3 rings (SSSR count). The average Bonchev–Trinajstić information content (AvgIpc) is 2.57. The summed E-state index contributed by atoms with van der Waals surface area (Å²) in [7, 11) is 0. The van der Waals surface area contributed by atoms with E-state index in [2.05, 4.69) is 55.7 Å². The molecule has 134 valence electrons. The van der Waals surface area contributed by atoms with Crippen molar-refractivity contribution < 1.29 is 0 Å². The van der Waals surface area contributed by atoms with Gasteiger partial charge in [0.15, 0.2) is 0 Å². The lowest BCUT2D eigenvalue weighted by atomic mass is 10.1. The molecule has 25 heavy (non-hydrogen) atoms. The summed E-state index contributed by atoms with van der Waals surface area (Å²) >= 11 is 0. The number of nitrogens with zero attached hydrogens (tertiary/aromatic N) is 4. The fraction of sp³-hybridized carbons (Fsp3) is 0.500. The first-order chi connectivity index (χ1) is 11.8. The molecule has 0 N–H and O–H groups in total. The van der Waals surface area contributed by atoms with Crippen LogP contribution < -0.4 is 10.5 Å². The molecule has 5 nitrogen and oxygen atoms in total. The third-order valence-corrected chi connectivity index (χ3v) is 5.29. The highest BCUT2D eigenvalue weighted by Gasteiger charge is 2.29. The molecule has 0 unspecified atom stereocenters. The maximum Gasteiger partial charge on any atom is 0.259 e. The third kappa shape index (κ3) is 2.97. The van der Waals surface area contributed by atoms with E-state index in [1.807, 2.05) is 18.4 Å². The van der Waals surface area contributed by atoms with E-state index >= 15 is 0 Å². The summed E-state index contributed by atoms with van der Waals surface area (Å²) in [5, 5.41) is 0. The molecular formula is C20H28N4O. The van der Waals surface area contributed by atoms with Crippen LogP contribution in [-0.4, -0.2) is 27.2 Å². The minimum absolute atomic E-state index is 0.0886. The Balaban J connectivity index is 2.24. The zero-order valence-corrected chi connectivity index (χ0v) is 16.1. The Bertz CT molecular complexity index is 854. The van der Waals surface area contributed by atoms with E-state index in [1.165, 1.54) is 11.1 Å². The Morgan fingerprint density at radius 3 is 2.52 bits per heavy atom. The second-order valence-corrected chi connectivity index (χ2v) is 7.17. The van der Waals surface area contributed by atoms with Gasteiger partial charge in [-0.25, -0.2) is 4.98 Å². The van der Waals surface area contributed by atoms with Crippen LogP contribution in [0, 0.1) is 20.8 Å². The molecule has 2 heterocycles. The summed E-state index contributed by atoms with van der Waals surface area (Å²) in [5.74, 6) is 0.755. The van der Waals surface area contributed by atoms with Crippen molar-refractivity contribution in [1.82, 2.24) is 14.5 Å². The van der Waals surface area contributed by atoms with E-state index in [0.717, 1.165) is 29.6 Å². The molecule has 1 aliphatic heterocycles. The first-order valence-electron chi connectivity index (χ1n) is 9.03. The zero-order chi connectivity index (χ0) is 18.3. The summed E-state index contributed by atoms with van der Waals surface area (Å²) in [4.78, 5) is 22.3. The maximum absolute atomic E-state index is 13.0. The molecule has 1 aromatic heterocycles. The zero-order valence-electron chi connectivity index (χ0n) is 16.1. The molecule has 0 saturated carbocycles. The lowest BCUT2D eigenvalue weighted by Crippen LogP contribution is -2.50. The van der Waals surface area contributed by atoms with Crippen LogP contribution >= 0.6 is 0 Å². The predicted molar refractivity (Wildman–Crippen MR) is 103 cm³/mol. The summed E-state index contributed by atoms with van der Waals surface area (Å²) in [6.45, 7) is 13.9. The molecule has 0 amide bonds. The maximum atomic E-state index is 13.0. The van der Waals surface area contributed by atoms with Gasteiger partial charge < -0.3 is 0 Å². The Hall–Kier alpha value is -2.14. The van der Waals surface area contributed by atoms with E-state index < -0.39 is 0 Å². The van der Waals surface area contributed by atoms with Crippen molar-refractivity contribution in [2.45, 2.75) is 60.7 Å². The van der Waals surface area contributed by atoms with Gasteiger partial charge in [-0.1, -0.05) is 19.1 Å². The summed E-state index contributed by atoms with van der Waals surface area (Å²) in [6.07, 6.45) is 0.711. The number of hydrogen-bond acceptors (Lipinski definition) is 4. The molecular weight excluding hydrogens is 312 g/mol. The molecule has 0 aliphatic carbocycles. The van der Waals surface area contributed by atoms with E-state index in [4.69, 9.17) is 4.98 Å². The van der Waals surface area contributed by atoms with E-state index in [1.54, 1.807) is 0 Å². The number of fused-ring (bicyclic) bond motifs is 1. The summed E-state index contributed by atoms with van der Waals surface area (Å²) < 4.78 is 1.83. The van der Waals surface area contributed by atoms with Gasteiger partial charge in [0, 0.05) is 23.0 Å². The first kappa shape index (κ1) is 17.7. The molecule has 1 aliphatic rings. The smallest absolute Gasteiger partial charge is 0.259 e. The molecule has 0 atom stereocenters. The molecule has 0 bridgehead atoms. The topological polar surface area (TPSA) is 41.4 Å². The predicted octanol–water partition coefficient (Wildman–Crippen LogP) is 3.51. The molecule has 0 spiro atoms. The first-order valence-corrected chi connectivity index (χ1v) is 9.03. The van der Waals surface area contributed by atoms with Gasteiger partial charge in [0.1, 0.15) is 0 Å². The number of hydrogen-bond donors (Lipinski definition) is 0. The van der Waals surface area contributed by atoms with Crippen LogP contribution in [0.25, 0.3) is 0 Å². The average molecular weight is 340 g/mol. The fourth-order valence-corrected chi connectivity index (χ4v) is 3.44. The van der Waals surface area contributed by atoms with Crippen LogP contribution in [0.1, 0.15) is 43.2 Å². The number of benzene rings is 1. The van der Waals surface area contributed by atoms with Crippen molar-refractivity contribution in [3.05, 3.63) is 50.9 Å². The Morgan fingerprint density at radius 1 is 1.16 bits per heavy atom. The second kappa shape index (κ2) is 6.64. The minimum Gasteiger partial charge on any atom is -0.298 e. The lowest BCUT2D eigenvalue weighted by Gasteiger charge is -2.41. The van der Waals surface area contributed by atoms with Gasteiger partial charge in [0.25, 0.3) is 5.56 Å². The number of aromatic nitrogens is 2. The van der Waals surface area contributed by atoms with Crippen molar-refractivity contribution in [2.75, 3.05) is 11.6 Å². The highest BCUT2D eigenvalue weighted by atomic mass is 16.1. The quantitative estimate of drug-likeness (QED) is 0.857. The van der Waals surface area contributed by atoms with Crippen LogP contribution in [0.5, 0.6) is 0 Å². The normalized spacial score (nSPS) is 14.9. The second-order valence-electron chi connectivity index (χ2n) is 7.17. The van der Waals surface area contributed by atoms with Gasteiger partial charge in [0.05, 0.1) is 13.3 Å². The van der Waals surface area contributed by atoms with Crippen molar-refractivity contribution >= 4 is 11.6 Å². The Kier molecular flexibility index (Phi) is 4.69. The van der Waals surface area contributed by atoms with Crippen molar-refractivity contribution in [2.24, 2.45) is 0 Å². The SMILES string of the molecule is CCc1c(C)nc2n(c1=O)CN(C(C)C)CN2c1cccc(C)c1C. The van der Waals surface area contributed by atoms with Crippen molar-refractivity contribution in [1.29, 1.82) is 0 Å². The molecule has 1 aromatic carbocycles. The minimum atomic E-state index is 0.0886. The number of rotatable bonds is 3. The van der Waals surface area contributed by atoms with Crippen molar-refractivity contribution in [3.63, 3.8) is 0 Å². The van der Waals surface area contributed by atoms with Crippen LogP contribution in [-0.2, 0) is 13.1 Å². The molecule has 2 aromatic rings. The largest absolute Gasteiger partial charge is 0.298 e. The van der Waals surface area contributed by atoms with E-state index in [9.17, 15) is 4.79 Å². The molecule has 5 heteroatoms. The Labute approximate surface area is 149 Å². The molecule has 0 fully saturated rings. The number of anilines is 2. The van der Waals surface area contributed by atoms with Gasteiger partial charge in [-0.3, -0.25) is 19.2 Å². The highest BCUT2D eigenvalue weighted by Crippen LogP contribution is 2.32. The Morgan fingerprint density at radius 2 is 1.88 bits per heavy atom. The fourth-order valence-electron chi connectivity index (χ4n) is 3.44. The monoisotopic (exact) mass is 340 g/mol. The summed E-state index contributed by atoms with van der Waals surface area (Å²) in [5.41, 5.74) is 5.34. The lowest BCUT2D eigenvalue weighted by molar-refractivity contribution is 0.156. The van der Waals surface area contributed by atoms with E-state index in [-0.39, 0.29) is 5.56 Å².